The number of rotatable bonds is 19. The first kappa shape index (κ1) is 41.6. The molecule has 7 rings (SSSR count). The standard InChI is InChI=1S/C44H57N9O6/c1-29(2)34-27-46-53-40(34)49-44(59-32-21-23-51(3)24-22-32)50-43(53)45-26-30-15-17-31(18-16-30)47-38(54)14-9-7-5-4-6-8-10-25-58-37-13-11-12-33-35(37)28-52(42(33)57)36-19-20-39(55)48-41(36)56/h11-13,15-18,27,29,32,36H,4-10,14,19-26,28H2,1-3H3,(H,47,54)(H,45,49,50)(H,48,55,56). The molecule has 3 N–H and O–H groups in total. The van der Waals surface area contributed by atoms with Gasteiger partial charge in [0.05, 0.1) is 19.3 Å². The lowest BCUT2D eigenvalue weighted by atomic mass is 10.0. The lowest BCUT2D eigenvalue weighted by Crippen LogP contribution is -2.52. The molecule has 1 unspecified atom stereocenters. The molecule has 3 aliphatic rings. The molecule has 2 saturated heterocycles. The van der Waals surface area contributed by atoms with Gasteiger partial charge in [-0.25, -0.2) is 0 Å². The highest BCUT2D eigenvalue weighted by Crippen LogP contribution is 2.34. The summed E-state index contributed by atoms with van der Waals surface area (Å²) in [6, 6.07) is 13.0. The number of fused-ring (bicyclic) bond motifs is 2. The number of aromatic nitrogens is 4. The molecule has 4 aromatic rings. The number of hydrogen-bond donors (Lipinski definition) is 3. The van der Waals surface area contributed by atoms with Crippen LogP contribution in [0.15, 0.2) is 48.7 Å². The molecule has 2 aromatic heterocycles. The van der Waals surface area contributed by atoms with E-state index < -0.39 is 11.9 Å². The fourth-order valence-corrected chi connectivity index (χ4v) is 7.96. The summed E-state index contributed by atoms with van der Waals surface area (Å²) in [5.74, 6) is 0.604. The monoisotopic (exact) mass is 807 g/mol. The van der Waals surface area contributed by atoms with Gasteiger partial charge in [0, 0.05) is 54.9 Å². The molecule has 0 bridgehead atoms. The molecule has 0 spiro atoms. The Bertz CT molecular complexity index is 2110. The minimum absolute atomic E-state index is 0.0162. The van der Waals surface area contributed by atoms with Crippen LogP contribution in [0.5, 0.6) is 11.8 Å². The highest BCUT2D eigenvalue weighted by molar-refractivity contribution is 6.05. The minimum Gasteiger partial charge on any atom is -0.493 e. The summed E-state index contributed by atoms with van der Waals surface area (Å²) in [6.45, 7) is 7.59. The fraction of sp³-hybridized carbons (Fsp3) is 0.523. The van der Waals surface area contributed by atoms with Crippen LogP contribution in [0.25, 0.3) is 5.65 Å². The van der Waals surface area contributed by atoms with Crippen LogP contribution in [0, 0.1) is 0 Å². The predicted octanol–water partition coefficient (Wildman–Crippen LogP) is 6.23. The third-order valence-electron chi connectivity index (χ3n) is 11.5. The summed E-state index contributed by atoms with van der Waals surface area (Å²) in [4.78, 5) is 63.0. The van der Waals surface area contributed by atoms with E-state index in [1.165, 1.54) is 0 Å². The van der Waals surface area contributed by atoms with Crippen molar-refractivity contribution in [2.24, 2.45) is 0 Å². The van der Waals surface area contributed by atoms with E-state index in [0.29, 0.717) is 55.8 Å². The fourth-order valence-electron chi connectivity index (χ4n) is 7.96. The van der Waals surface area contributed by atoms with Gasteiger partial charge in [0.2, 0.25) is 23.7 Å². The summed E-state index contributed by atoms with van der Waals surface area (Å²) in [5.41, 5.74) is 4.95. The van der Waals surface area contributed by atoms with E-state index in [1.807, 2.05) is 36.5 Å². The third kappa shape index (κ3) is 10.5. The van der Waals surface area contributed by atoms with Crippen LogP contribution in [0.1, 0.15) is 124 Å². The topological polar surface area (TPSA) is 172 Å². The maximum absolute atomic E-state index is 13.1. The van der Waals surface area contributed by atoms with Gasteiger partial charge in [-0.2, -0.15) is 19.6 Å². The molecule has 0 aliphatic carbocycles. The van der Waals surface area contributed by atoms with E-state index in [-0.39, 0.29) is 36.2 Å². The van der Waals surface area contributed by atoms with Gasteiger partial charge in [-0.1, -0.05) is 64.2 Å². The largest absolute Gasteiger partial charge is 0.493 e. The van der Waals surface area contributed by atoms with Gasteiger partial charge in [0.15, 0.2) is 5.65 Å². The van der Waals surface area contributed by atoms with E-state index >= 15 is 0 Å². The second-order valence-electron chi connectivity index (χ2n) is 16.3. The van der Waals surface area contributed by atoms with E-state index in [9.17, 15) is 19.2 Å². The van der Waals surface area contributed by atoms with Crippen molar-refractivity contribution < 1.29 is 28.7 Å². The molecule has 2 aromatic carbocycles. The smallest absolute Gasteiger partial charge is 0.322 e. The zero-order valence-electron chi connectivity index (χ0n) is 34.5. The number of likely N-dealkylation sites (tertiary alicyclic amines) is 1. The Morgan fingerprint density at radius 2 is 1.68 bits per heavy atom. The van der Waals surface area contributed by atoms with Gasteiger partial charge < -0.3 is 29.9 Å². The number of nitrogens with one attached hydrogen (secondary N) is 3. The first-order chi connectivity index (χ1) is 28.6. The van der Waals surface area contributed by atoms with Gasteiger partial charge in [-0.3, -0.25) is 24.5 Å². The molecule has 314 valence electrons. The quantitative estimate of drug-likeness (QED) is 0.0725. The first-order valence-electron chi connectivity index (χ1n) is 21.3. The molecule has 0 radical (unpaired) electrons. The van der Waals surface area contributed by atoms with Crippen LogP contribution in [0.3, 0.4) is 0 Å². The Morgan fingerprint density at radius 3 is 2.42 bits per heavy atom. The minimum atomic E-state index is -0.641. The normalized spacial score (nSPS) is 17.4. The molecular weight excluding hydrogens is 751 g/mol. The zero-order chi connectivity index (χ0) is 41.3. The molecule has 1 atom stereocenters. The lowest BCUT2D eigenvalue weighted by molar-refractivity contribution is -0.137. The Balaban J connectivity index is 0.773. The summed E-state index contributed by atoms with van der Waals surface area (Å²) in [6.07, 6.45) is 11.9. The third-order valence-corrected chi connectivity index (χ3v) is 11.5. The van der Waals surface area contributed by atoms with Crippen molar-refractivity contribution in [2.75, 3.05) is 37.4 Å². The number of ether oxygens (including phenoxy) is 2. The highest BCUT2D eigenvalue weighted by Gasteiger charge is 2.40. The number of piperidine rings is 2. The number of hydrogen-bond acceptors (Lipinski definition) is 11. The summed E-state index contributed by atoms with van der Waals surface area (Å²) >= 11 is 0. The molecule has 5 heterocycles. The molecule has 59 heavy (non-hydrogen) atoms. The second kappa shape index (κ2) is 19.5. The Kier molecular flexibility index (Phi) is 13.7. The molecule has 15 nitrogen and oxygen atoms in total. The van der Waals surface area contributed by atoms with E-state index in [2.05, 4.69) is 46.8 Å². The average Bonchev–Trinajstić information content (AvgIpc) is 3.81. The number of amides is 4. The Morgan fingerprint density at radius 1 is 0.932 bits per heavy atom. The lowest BCUT2D eigenvalue weighted by Gasteiger charge is -2.29. The second-order valence-corrected chi connectivity index (χ2v) is 16.3. The van der Waals surface area contributed by atoms with Crippen molar-refractivity contribution in [1.82, 2.24) is 34.7 Å². The van der Waals surface area contributed by atoms with Gasteiger partial charge in [0.25, 0.3) is 5.91 Å². The maximum atomic E-state index is 13.1. The number of benzene rings is 2. The molecule has 15 heteroatoms. The van der Waals surface area contributed by atoms with Crippen LogP contribution in [-0.4, -0.2) is 91.9 Å². The van der Waals surface area contributed by atoms with E-state index in [1.54, 1.807) is 21.5 Å². The van der Waals surface area contributed by atoms with Crippen LogP contribution < -0.4 is 25.4 Å². The van der Waals surface area contributed by atoms with Crippen LogP contribution in [0.4, 0.5) is 11.6 Å². The first-order valence-corrected chi connectivity index (χ1v) is 21.3. The Labute approximate surface area is 345 Å². The molecule has 4 amide bonds. The van der Waals surface area contributed by atoms with Crippen molar-refractivity contribution in [3.8, 4) is 11.8 Å². The number of anilines is 2. The molecule has 2 fully saturated rings. The number of carbonyl (C=O) groups excluding carboxylic acids is 4. The number of unbranched alkanes of at least 4 members (excludes halogenated alkanes) is 6. The van der Waals surface area contributed by atoms with Gasteiger partial charge in [-0.05, 0) is 74.9 Å². The summed E-state index contributed by atoms with van der Waals surface area (Å²) < 4.78 is 14.1. The van der Waals surface area contributed by atoms with Crippen LogP contribution in [-0.2, 0) is 27.5 Å². The van der Waals surface area contributed by atoms with Crippen LogP contribution >= 0.6 is 0 Å². The number of imide groups is 1. The molecule has 0 saturated carbocycles. The van der Waals surface area contributed by atoms with E-state index in [0.717, 1.165) is 98.9 Å². The highest BCUT2D eigenvalue weighted by atomic mass is 16.5. The zero-order valence-corrected chi connectivity index (χ0v) is 34.5. The molecule has 3 aliphatic heterocycles. The van der Waals surface area contributed by atoms with Crippen molar-refractivity contribution in [1.29, 1.82) is 0 Å². The van der Waals surface area contributed by atoms with Crippen LogP contribution in [0.2, 0.25) is 0 Å². The van der Waals surface area contributed by atoms with Gasteiger partial charge >= 0.3 is 6.01 Å². The van der Waals surface area contributed by atoms with Crippen molar-refractivity contribution in [3.05, 3.63) is 70.9 Å². The SMILES string of the molecule is CC(C)c1cnn2c(NCc3ccc(NC(=O)CCCCCCCCCOc4cccc5c4CN(C4CCC(=O)NC4=O)C5=O)cc3)nc(OC3CCN(C)CC3)nc12. The summed E-state index contributed by atoms with van der Waals surface area (Å²) in [7, 11) is 2.13. The Hall–Kier alpha value is -5.57. The van der Waals surface area contributed by atoms with Crippen molar-refractivity contribution >= 4 is 40.9 Å². The van der Waals surface area contributed by atoms with Crippen molar-refractivity contribution in [3.63, 3.8) is 0 Å². The maximum Gasteiger partial charge on any atom is 0.322 e. The average molecular weight is 808 g/mol. The predicted molar refractivity (Wildman–Crippen MR) is 223 cm³/mol. The molecular formula is C44H57N9O6. The summed E-state index contributed by atoms with van der Waals surface area (Å²) in [5, 5.41) is 13.4. The van der Waals surface area contributed by atoms with Crippen molar-refractivity contribution in [2.45, 2.75) is 122 Å². The van der Waals surface area contributed by atoms with Gasteiger partial charge in [0.1, 0.15) is 17.9 Å². The number of nitrogens with zero attached hydrogens (tertiary/aromatic N) is 6. The van der Waals surface area contributed by atoms with E-state index in [4.69, 9.17) is 19.4 Å². The number of carbonyl (C=O) groups is 4. The van der Waals surface area contributed by atoms with Gasteiger partial charge in [-0.15, -0.1) is 0 Å².